The van der Waals surface area contributed by atoms with E-state index >= 15 is 0 Å². The van der Waals surface area contributed by atoms with Crippen molar-refractivity contribution in [3.05, 3.63) is 39.9 Å². The van der Waals surface area contributed by atoms with Crippen LogP contribution in [0.25, 0.3) is 0 Å². The van der Waals surface area contributed by atoms with Gasteiger partial charge >= 0.3 is 0 Å². The van der Waals surface area contributed by atoms with Gasteiger partial charge in [-0.3, -0.25) is 4.99 Å². The van der Waals surface area contributed by atoms with Crippen LogP contribution in [0.4, 0.5) is 0 Å². The molecule has 0 saturated heterocycles. The van der Waals surface area contributed by atoms with E-state index in [0.717, 1.165) is 36.8 Å². The van der Waals surface area contributed by atoms with Crippen molar-refractivity contribution in [1.29, 1.82) is 0 Å². The van der Waals surface area contributed by atoms with Crippen molar-refractivity contribution >= 4 is 41.3 Å². The van der Waals surface area contributed by atoms with Crippen molar-refractivity contribution in [2.75, 3.05) is 7.05 Å². The Kier molecular flexibility index (Phi) is 9.23. The number of guanidine groups is 1. The summed E-state index contributed by atoms with van der Waals surface area (Å²) in [6.07, 6.45) is 2.17. The summed E-state index contributed by atoms with van der Waals surface area (Å²) in [6, 6.07) is 4.14. The fourth-order valence-electron chi connectivity index (χ4n) is 2.28. The van der Waals surface area contributed by atoms with Gasteiger partial charge in [0.25, 0.3) is 0 Å². The predicted octanol–water partition coefficient (Wildman–Crippen LogP) is 4.12. The van der Waals surface area contributed by atoms with Crippen LogP contribution in [-0.4, -0.2) is 18.2 Å². The van der Waals surface area contributed by atoms with Crippen LogP contribution < -0.4 is 10.6 Å². The molecule has 2 N–H and O–H groups in total. The molecule has 0 aliphatic heterocycles. The number of hydrogen-bond acceptors (Lipinski definition) is 4. The monoisotopic (exact) mass is 448 g/mol. The molecule has 0 unspecified atom stereocenters. The average Bonchev–Trinajstić information content (AvgIpc) is 3.20. The summed E-state index contributed by atoms with van der Waals surface area (Å²) in [7, 11) is 1.76. The highest BCUT2D eigenvalue weighted by Gasteiger charge is 2.13. The minimum Gasteiger partial charge on any atom is -0.359 e. The van der Waals surface area contributed by atoms with Crippen LogP contribution in [-0.2, 0) is 13.1 Å². The number of rotatable bonds is 7. The molecule has 2 heterocycles. The lowest BCUT2D eigenvalue weighted by Gasteiger charge is -2.09. The summed E-state index contributed by atoms with van der Waals surface area (Å²) in [6.45, 7) is 5.70. The van der Waals surface area contributed by atoms with Crippen LogP contribution in [0.1, 0.15) is 49.6 Å². The molecular weight excluding hydrogens is 423 g/mol. The smallest absolute Gasteiger partial charge is 0.191 e. The second-order valence-corrected chi connectivity index (χ2v) is 5.92. The molecule has 2 aromatic heterocycles. The summed E-state index contributed by atoms with van der Waals surface area (Å²) in [4.78, 5) is 4.21. The molecule has 0 aromatic carbocycles. The first-order valence-electron chi connectivity index (χ1n) is 7.67. The first-order chi connectivity index (χ1) is 10.8. The second kappa shape index (κ2) is 10.6. The normalized spacial score (nSPS) is 11.4. The van der Waals surface area contributed by atoms with E-state index in [2.05, 4.69) is 51.5 Å². The van der Waals surface area contributed by atoms with Gasteiger partial charge in [-0.1, -0.05) is 19.0 Å². The van der Waals surface area contributed by atoms with Crippen LogP contribution in [0.5, 0.6) is 0 Å². The van der Waals surface area contributed by atoms with Gasteiger partial charge in [0.2, 0.25) is 0 Å². The van der Waals surface area contributed by atoms with Crippen molar-refractivity contribution in [2.45, 2.75) is 45.7 Å². The molecule has 7 heteroatoms. The van der Waals surface area contributed by atoms with E-state index in [-0.39, 0.29) is 24.0 Å². The first kappa shape index (κ1) is 20.0. The highest BCUT2D eigenvalue weighted by atomic mass is 127. The van der Waals surface area contributed by atoms with Gasteiger partial charge in [0.15, 0.2) is 11.7 Å². The minimum atomic E-state index is 0. The van der Waals surface area contributed by atoms with E-state index in [0.29, 0.717) is 12.5 Å². The Balaban J connectivity index is 0.00000264. The molecule has 0 aliphatic rings. The molecule has 0 amide bonds. The van der Waals surface area contributed by atoms with Gasteiger partial charge in [0, 0.05) is 25.6 Å². The van der Waals surface area contributed by atoms with Crippen molar-refractivity contribution in [2.24, 2.45) is 4.99 Å². The molecule has 0 atom stereocenters. The van der Waals surface area contributed by atoms with Crippen molar-refractivity contribution in [3.8, 4) is 0 Å². The molecule has 0 saturated carbocycles. The molecule has 0 radical (unpaired) electrons. The summed E-state index contributed by atoms with van der Waals surface area (Å²) < 4.78 is 5.40. The highest BCUT2D eigenvalue weighted by Crippen LogP contribution is 2.22. The standard InChI is InChI=1S/C16H24N4OS.HI/c1-4-13(5-2)15-8-14(21-20-15)10-19-16(17-3)18-9-12-6-7-22-11-12;/h6-8,11,13H,4-5,9-10H2,1-3H3,(H2,17,18,19);1H. The van der Waals surface area contributed by atoms with Crippen molar-refractivity contribution in [1.82, 2.24) is 15.8 Å². The van der Waals surface area contributed by atoms with E-state index in [4.69, 9.17) is 4.52 Å². The summed E-state index contributed by atoms with van der Waals surface area (Å²) >= 11 is 1.70. The summed E-state index contributed by atoms with van der Waals surface area (Å²) in [5, 5.41) is 14.9. The quantitative estimate of drug-likeness (QED) is 0.380. The number of nitrogens with zero attached hydrogens (tertiary/aromatic N) is 2. The Bertz CT molecular complexity index is 579. The Labute approximate surface area is 159 Å². The van der Waals surface area contributed by atoms with E-state index < -0.39 is 0 Å². The molecule has 5 nitrogen and oxygen atoms in total. The van der Waals surface area contributed by atoms with E-state index in [9.17, 15) is 0 Å². The SMILES string of the molecule is CCC(CC)c1cc(CNC(=NC)NCc2ccsc2)on1.I. The number of aliphatic imine (C=N–C) groups is 1. The fourth-order valence-corrected chi connectivity index (χ4v) is 2.95. The van der Waals surface area contributed by atoms with Crippen LogP contribution in [0.2, 0.25) is 0 Å². The van der Waals surface area contributed by atoms with E-state index in [1.165, 1.54) is 5.56 Å². The third kappa shape index (κ3) is 6.14. The number of aromatic nitrogens is 1. The maximum absolute atomic E-state index is 5.40. The zero-order valence-corrected chi connectivity index (χ0v) is 17.0. The summed E-state index contributed by atoms with van der Waals surface area (Å²) in [5.74, 6) is 2.07. The molecule has 2 aromatic rings. The number of hydrogen-bond donors (Lipinski definition) is 2. The fraction of sp³-hybridized carbons (Fsp3) is 0.500. The Hall–Kier alpha value is -1.09. The Morgan fingerprint density at radius 2 is 2.04 bits per heavy atom. The van der Waals surface area contributed by atoms with Gasteiger partial charge in [0.05, 0.1) is 12.2 Å². The maximum Gasteiger partial charge on any atom is 0.191 e. The molecule has 128 valence electrons. The maximum atomic E-state index is 5.40. The third-order valence-electron chi connectivity index (χ3n) is 3.67. The van der Waals surface area contributed by atoms with Crippen molar-refractivity contribution < 1.29 is 4.52 Å². The van der Waals surface area contributed by atoms with Crippen LogP contribution in [0.15, 0.2) is 32.4 Å². The molecule has 0 aliphatic carbocycles. The molecule has 2 rings (SSSR count). The van der Waals surface area contributed by atoms with Gasteiger partial charge in [-0.2, -0.15) is 11.3 Å². The number of thiophene rings is 1. The minimum absolute atomic E-state index is 0. The van der Waals surface area contributed by atoms with Gasteiger partial charge in [-0.05, 0) is 35.2 Å². The lowest BCUT2D eigenvalue weighted by Crippen LogP contribution is -2.36. The second-order valence-electron chi connectivity index (χ2n) is 5.14. The molecule has 0 bridgehead atoms. The largest absolute Gasteiger partial charge is 0.359 e. The topological polar surface area (TPSA) is 62.5 Å². The molecule has 0 fully saturated rings. The molecular formula is C16H25IN4OS. The predicted molar refractivity (Wildman–Crippen MR) is 107 cm³/mol. The Morgan fingerprint density at radius 3 is 2.65 bits per heavy atom. The van der Waals surface area contributed by atoms with Gasteiger partial charge in [0.1, 0.15) is 0 Å². The van der Waals surface area contributed by atoms with Crippen LogP contribution >= 0.6 is 35.3 Å². The summed E-state index contributed by atoms with van der Waals surface area (Å²) in [5.41, 5.74) is 2.30. The molecule has 0 spiro atoms. The zero-order valence-electron chi connectivity index (χ0n) is 13.8. The highest BCUT2D eigenvalue weighted by molar-refractivity contribution is 14.0. The van der Waals surface area contributed by atoms with Crippen LogP contribution in [0.3, 0.4) is 0 Å². The Morgan fingerprint density at radius 1 is 1.30 bits per heavy atom. The van der Waals surface area contributed by atoms with Gasteiger partial charge in [-0.15, -0.1) is 24.0 Å². The lowest BCUT2D eigenvalue weighted by molar-refractivity contribution is 0.368. The third-order valence-corrected chi connectivity index (χ3v) is 4.41. The van der Waals surface area contributed by atoms with E-state index in [1.54, 1.807) is 18.4 Å². The zero-order chi connectivity index (χ0) is 15.8. The van der Waals surface area contributed by atoms with Crippen molar-refractivity contribution in [3.63, 3.8) is 0 Å². The molecule has 23 heavy (non-hydrogen) atoms. The first-order valence-corrected chi connectivity index (χ1v) is 8.62. The van der Waals surface area contributed by atoms with Gasteiger partial charge < -0.3 is 15.2 Å². The average molecular weight is 448 g/mol. The number of halogens is 1. The van der Waals surface area contributed by atoms with Gasteiger partial charge in [-0.25, -0.2) is 0 Å². The number of nitrogens with one attached hydrogen (secondary N) is 2. The lowest BCUT2D eigenvalue weighted by atomic mass is 9.99. The van der Waals surface area contributed by atoms with E-state index in [1.807, 2.05) is 6.07 Å². The van der Waals surface area contributed by atoms with Crippen LogP contribution in [0, 0.1) is 0 Å².